The average molecular weight is 235 g/mol. The second-order valence-electron chi connectivity index (χ2n) is 4.39. The number of amides is 1. The van der Waals surface area contributed by atoms with Crippen molar-refractivity contribution in [2.24, 2.45) is 5.73 Å². The number of hydrogen-bond acceptors (Lipinski definition) is 4. The molecule has 0 bridgehead atoms. The molecule has 92 valence electrons. The van der Waals surface area contributed by atoms with E-state index in [1.165, 1.54) is 0 Å². The molecule has 0 aliphatic carbocycles. The fourth-order valence-electron chi connectivity index (χ4n) is 1.82. The minimum absolute atomic E-state index is 0.182. The SMILES string of the molecule is Cc1cccc(NC(=O)C2(N)CCOCC2)n1. The summed E-state index contributed by atoms with van der Waals surface area (Å²) in [4.78, 5) is 16.3. The predicted molar refractivity (Wildman–Crippen MR) is 64.6 cm³/mol. The van der Waals surface area contributed by atoms with Gasteiger partial charge in [-0.15, -0.1) is 0 Å². The molecule has 1 saturated heterocycles. The van der Waals surface area contributed by atoms with E-state index in [-0.39, 0.29) is 5.91 Å². The Morgan fingerprint density at radius 2 is 2.18 bits per heavy atom. The van der Waals surface area contributed by atoms with E-state index >= 15 is 0 Å². The quantitative estimate of drug-likeness (QED) is 0.796. The molecule has 1 amide bonds. The van der Waals surface area contributed by atoms with E-state index in [0.29, 0.717) is 31.9 Å². The van der Waals surface area contributed by atoms with Crippen LogP contribution in [0.15, 0.2) is 18.2 Å². The third kappa shape index (κ3) is 2.81. The Morgan fingerprint density at radius 1 is 1.47 bits per heavy atom. The highest BCUT2D eigenvalue weighted by atomic mass is 16.5. The fourth-order valence-corrected chi connectivity index (χ4v) is 1.82. The van der Waals surface area contributed by atoms with Crippen LogP contribution >= 0.6 is 0 Å². The van der Waals surface area contributed by atoms with Crippen molar-refractivity contribution in [2.45, 2.75) is 25.3 Å². The molecular weight excluding hydrogens is 218 g/mol. The molecule has 0 saturated carbocycles. The lowest BCUT2D eigenvalue weighted by molar-refractivity contribution is -0.124. The number of carbonyl (C=O) groups is 1. The van der Waals surface area contributed by atoms with Crippen molar-refractivity contribution in [2.75, 3.05) is 18.5 Å². The standard InChI is InChI=1S/C12H17N3O2/c1-9-3-2-4-10(14-9)15-11(16)12(13)5-7-17-8-6-12/h2-4H,5-8,13H2,1H3,(H,14,15,16). The number of nitrogens with one attached hydrogen (secondary N) is 1. The summed E-state index contributed by atoms with van der Waals surface area (Å²) in [5.41, 5.74) is 6.10. The van der Waals surface area contributed by atoms with Gasteiger partial charge in [0.25, 0.3) is 0 Å². The van der Waals surface area contributed by atoms with Gasteiger partial charge in [-0.05, 0) is 31.9 Å². The number of aryl methyl sites for hydroxylation is 1. The smallest absolute Gasteiger partial charge is 0.245 e. The van der Waals surface area contributed by atoms with Crippen LogP contribution in [0, 0.1) is 6.92 Å². The van der Waals surface area contributed by atoms with Crippen molar-refractivity contribution in [1.82, 2.24) is 4.98 Å². The maximum absolute atomic E-state index is 12.1. The normalized spacial score (nSPS) is 18.7. The van der Waals surface area contributed by atoms with E-state index in [1.54, 1.807) is 6.07 Å². The summed E-state index contributed by atoms with van der Waals surface area (Å²) in [6.45, 7) is 2.94. The molecule has 1 aliphatic rings. The summed E-state index contributed by atoms with van der Waals surface area (Å²) in [5.74, 6) is 0.366. The van der Waals surface area contributed by atoms with Gasteiger partial charge in [0.15, 0.2) is 0 Å². The number of ether oxygens (including phenoxy) is 1. The highest BCUT2D eigenvalue weighted by Gasteiger charge is 2.36. The van der Waals surface area contributed by atoms with Gasteiger partial charge in [0.05, 0.1) is 0 Å². The van der Waals surface area contributed by atoms with E-state index in [4.69, 9.17) is 10.5 Å². The monoisotopic (exact) mass is 235 g/mol. The molecule has 0 spiro atoms. The number of pyridine rings is 1. The average Bonchev–Trinajstić information content (AvgIpc) is 2.30. The minimum atomic E-state index is -0.830. The van der Waals surface area contributed by atoms with Crippen LogP contribution in [0.3, 0.4) is 0 Å². The van der Waals surface area contributed by atoms with Gasteiger partial charge in [-0.3, -0.25) is 4.79 Å². The van der Waals surface area contributed by atoms with Crippen LogP contribution in [0.5, 0.6) is 0 Å². The van der Waals surface area contributed by atoms with Crippen molar-refractivity contribution in [1.29, 1.82) is 0 Å². The molecular formula is C12H17N3O2. The van der Waals surface area contributed by atoms with Crippen LogP contribution < -0.4 is 11.1 Å². The van der Waals surface area contributed by atoms with Crippen molar-refractivity contribution in [3.05, 3.63) is 23.9 Å². The predicted octanol–water partition coefficient (Wildman–Crippen LogP) is 0.836. The van der Waals surface area contributed by atoms with E-state index in [0.717, 1.165) is 5.69 Å². The lowest BCUT2D eigenvalue weighted by Crippen LogP contribution is -2.54. The largest absolute Gasteiger partial charge is 0.381 e. The van der Waals surface area contributed by atoms with Crippen molar-refractivity contribution >= 4 is 11.7 Å². The molecule has 5 heteroatoms. The van der Waals surface area contributed by atoms with Gasteiger partial charge in [-0.25, -0.2) is 4.98 Å². The molecule has 0 atom stereocenters. The molecule has 1 fully saturated rings. The van der Waals surface area contributed by atoms with Crippen LogP contribution in [-0.4, -0.2) is 29.6 Å². The Bertz CT molecular complexity index is 414. The Morgan fingerprint density at radius 3 is 2.82 bits per heavy atom. The first-order valence-corrected chi connectivity index (χ1v) is 5.72. The highest BCUT2D eigenvalue weighted by Crippen LogP contribution is 2.19. The van der Waals surface area contributed by atoms with Crippen molar-refractivity contribution in [3.63, 3.8) is 0 Å². The molecule has 17 heavy (non-hydrogen) atoms. The fraction of sp³-hybridized carbons (Fsp3) is 0.500. The van der Waals surface area contributed by atoms with Crippen molar-refractivity contribution < 1.29 is 9.53 Å². The number of nitrogens with zero attached hydrogens (tertiary/aromatic N) is 1. The molecule has 5 nitrogen and oxygen atoms in total. The topological polar surface area (TPSA) is 77.2 Å². The maximum atomic E-state index is 12.1. The van der Waals surface area contributed by atoms with E-state index in [2.05, 4.69) is 10.3 Å². The second-order valence-corrected chi connectivity index (χ2v) is 4.39. The minimum Gasteiger partial charge on any atom is -0.381 e. The third-order valence-electron chi connectivity index (χ3n) is 2.97. The summed E-state index contributed by atoms with van der Waals surface area (Å²) in [7, 11) is 0. The first-order valence-electron chi connectivity index (χ1n) is 5.72. The number of hydrogen-bond donors (Lipinski definition) is 2. The molecule has 3 N–H and O–H groups in total. The van der Waals surface area contributed by atoms with Gasteiger partial charge < -0.3 is 15.8 Å². The van der Waals surface area contributed by atoms with E-state index in [1.807, 2.05) is 19.1 Å². The maximum Gasteiger partial charge on any atom is 0.245 e. The van der Waals surface area contributed by atoms with Crippen molar-refractivity contribution in [3.8, 4) is 0 Å². The van der Waals surface area contributed by atoms with Crippen LogP contribution in [0.25, 0.3) is 0 Å². The molecule has 1 aromatic rings. The third-order valence-corrected chi connectivity index (χ3v) is 2.97. The number of rotatable bonds is 2. The first kappa shape index (κ1) is 12.0. The Balaban J connectivity index is 2.05. The van der Waals surface area contributed by atoms with Crippen LogP contribution in [0.1, 0.15) is 18.5 Å². The van der Waals surface area contributed by atoms with Gasteiger partial charge in [0.2, 0.25) is 5.91 Å². The molecule has 1 aromatic heterocycles. The zero-order valence-electron chi connectivity index (χ0n) is 9.90. The Kier molecular flexibility index (Phi) is 3.40. The van der Waals surface area contributed by atoms with Gasteiger partial charge in [0, 0.05) is 18.9 Å². The second kappa shape index (κ2) is 4.81. The summed E-state index contributed by atoms with van der Waals surface area (Å²) >= 11 is 0. The summed E-state index contributed by atoms with van der Waals surface area (Å²) in [6.07, 6.45) is 1.09. The first-order chi connectivity index (χ1) is 8.10. The van der Waals surface area contributed by atoms with Crippen LogP contribution in [-0.2, 0) is 9.53 Å². The summed E-state index contributed by atoms with van der Waals surface area (Å²) in [6, 6.07) is 5.49. The zero-order chi connectivity index (χ0) is 12.3. The molecule has 1 aliphatic heterocycles. The van der Waals surface area contributed by atoms with Crippen LogP contribution in [0.2, 0.25) is 0 Å². The molecule has 0 radical (unpaired) electrons. The van der Waals surface area contributed by atoms with Gasteiger partial charge >= 0.3 is 0 Å². The molecule has 2 rings (SSSR count). The van der Waals surface area contributed by atoms with E-state index in [9.17, 15) is 4.79 Å². The lowest BCUT2D eigenvalue weighted by atomic mass is 9.90. The zero-order valence-corrected chi connectivity index (χ0v) is 9.90. The van der Waals surface area contributed by atoms with Gasteiger partial charge in [-0.1, -0.05) is 6.07 Å². The molecule has 0 unspecified atom stereocenters. The number of aromatic nitrogens is 1. The van der Waals surface area contributed by atoms with E-state index < -0.39 is 5.54 Å². The molecule has 0 aromatic carbocycles. The number of anilines is 1. The summed E-state index contributed by atoms with van der Waals surface area (Å²) in [5, 5.41) is 2.76. The van der Waals surface area contributed by atoms with Gasteiger partial charge in [0.1, 0.15) is 11.4 Å². The summed E-state index contributed by atoms with van der Waals surface area (Å²) < 4.78 is 5.21. The Hall–Kier alpha value is -1.46. The van der Waals surface area contributed by atoms with Gasteiger partial charge in [-0.2, -0.15) is 0 Å². The Labute approximate surface area is 100 Å². The van der Waals surface area contributed by atoms with Crippen LogP contribution in [0.4, 0.5) is 5.82 Å². The highest BCUT2D eigenvalue weighted by molar-refractivity contribution is 5.97. The molecule has 2 heterocycles. The number of carbonyl (C=O) groups excluding carboxylic acids is 1. The number of nitrogens with two attached hydrogens (primary N) is 1. The lowest BCUT2D eigenvalue weighted by Gasteiger charge is -2.31.